The molecule has 260 valence electrons. The minimum absolute atomic E-state index is 0.0162. The lowest BCUT2D eigenvalue weighted by Gasteiger charge is -2.34. The zero-order chi connectivity index (χ0) is 35.4. The highest BCUT2D eigenvalue weighted by Gasteiger charge is 2.42. The third-order valence-electron chi connectivity index (χ3n) is 8.18. The van der Waals surface area contributed by atoms with Crippen LogP contribution in [0.1, 0.15) is 68.4 Å². The zero-order valence-corrected chi connectivity index (χ0v) is 28.9. The molecular weight excluding hydrogens is 622 g/mol. The molecule has 1 aliphatic rings. The van der Waals surface area contributed by atoms with Gasteiger partial charge in [-0.15, -0.1) is 0 Å². The molecule has 1 aliphatic heterocycles. The smallest absolute Gasteiger partial charge is 0.417 e. The second-order valence-electron chi connectivity index (χ2n) is 13.0. The molecule has 3 amide bonds. The Hall–Kier alpha value is -4.96. The molecule has 3 aromatic rings. The molecule has 1 heterocycles. The second kappa shape index (κ2) is 17.4. The third-order valence-corrected chi connectivity index (χ3v) is 8.18. The maximum Gasteiger partial charge on any atom is 0.417 e. The Morgan fingerprint density at radius 3 is 2.29 bits per heavy atom. The summed E-state index contributed by atoms with van der Waals surface area (Å²) in [4.78, 5) is 54.6. The number of carbonyl (C=O) groups excluding carboxylic acids is 4. The maximum absolute atomic E-state index is 14.3. The lowest BCUT2D eigenvalue weighted by Crippen LogP contribution is -2.53. The number of methoxy groups -OCH3 is 1. The quantitative estimate of drug-likeness (QED) is 0.120. The molecule has 0 bridgehead atoms. The van der Waals surface area contributed by atoms with Crippen molar-refractivity contribution in [2.45, 2.75) is 77.8 Å². The van der Waals surface area contributed by atoms with E-state index in [1.807, 2.05) is 61.5 Å². The summed E-state index contributed by atoms with van der Waals surface area (Å²) < 4.78 is 16.2. The van der Waals surface area contributed by atoms with Crippen molar-refractivity contribution < 1.29 is 33.4 Å². The van der Waals surface area contributed by atoms with Crippen molar-refractivity contribution in [3.05, 3.63) is 108 Å². The van der Waals surface area contributed by atoms with Crippen molar-refractivity contribution in [3.8, 4) is 11.1 Å². The molecule has 0 saturated carbocycles. The van der Waals surface area contributed by atoms with Gasteiger partial charge in [-0.05, 0) is 86.5 Å². The molecule has 2 N–H and O–H groups in total. The van der Waals surface area contributed by atoms with Gasteiger partial charge in [-0.1, -0.05) is 86.2 Å². The lowest BCUT2D eigenvalue weighted by molar-refractivity contribution is -0.147. The van der Waals surface area contributed by atoms with Crippen molar-refractivity contribution in [1.29, 1.82) is 0 Å². The van der Waals surface area contributed by atoms with E-state index in [9.17, 15) is 19.2 Å². The van der Waals surface area contributed by atoms with Crippen LogP contribution in [-0.2, 0) is 32.2 Å². The Labute approximate surface area is 288 Å². The number of rotatable bonds is 12. The summed E-state index contributed by atoms with van der Waals surface area (Å²) in [7, 11) is 1.25. The number of amides is 3. The number of imide groups is 1. The van der Waals surface area contributed by atoms with Crippen LogP contribution in [0.4, 0.5) is 9.59 Å². The van der Waals surface area contributed by atoms with Crippen LogP contribution >= 0.6 is 0 Å². The Morgan fingerprint density at radius 1 is 0.939 bits per heavy atom. The standard InChI is InChI=1S/C39H47N3O7/c1-6-29(24-33-17-10-11-22-40-33)34(36(44)47-5)42(38(46)48-26-27-13-8-7-9-14-27)35(43)31-20-18-30(19-21-31)32-16-12-15-28(23-32)25-41-37(45)49-39(2,3)4/h7-10,12-21,23,29,33-34,40H,6,11,22,24-26H2,1-5H3,(H,41,45)/t29-,33?,34-/m1/s1. The molecule has 10 heteroatoms. The number of nitrogens with zero attached hydrogens (tertiary/aromatic N) is 1. The molecule has 3 atom stereocenters. The van der Waals surface area contributed by atoms with Gasteiger partial charge < -0.3 is 24.8 Å². The summed E-state index contributed by atoms with van der Waals surface area (Å²) in [5.41, 5.74) is 2.91. The monoisotopic (exact) mass is 669 g/mol. The lowest BCUT2D eigenvalue weighted by atomic mass is 9.87. The number of carbonyl (C=O) groups is 4. The topological polar surface area (TPSA) is 123 Å². The summed E-state index contributed by atoms with van der Waals surface area (Å²) in [6, 6.07) is 22.4. The predicted molar refractivity (Wildman–Crippen MR) is 187 cm³/mol. The van der Waals surface area contributed by atoms with Crippen LogP contribution in [0.3, 0.4) is 0 Å². The predicted octanol–water partition coefficient (Wildman–Crippen LogP) is 7.03. The fourth-order valence-electron chi connectivity index (χ4n) is 5.72. The van der Waals surface area contributed by atoms with E-state index < -0.39 is 41.6 Å². The maximum atomic E-state index is 14.3. The molecule has 0 spiro atoms. The van der Waals surface area contributed by atoms with Crippen LogP contribution < -0.4 is 10.6 Å². The van der Waals surface area contributed by atoms with Crippen LogP contribution in [0.5, 0.6) is 0 Å². The Kier molecular flexibility index (Phi) is 13.1. The van der Waals surface area contributed by atoms with E-state index in [0.29, 0.717) is 12.8 Å². The van der Waals surface area contributed by atoms with E-state index in [1.165, 1.54) is 7.11 Å². The van der Waals surface area contributed by atoms with E-state index >= 15 is 0 Å². The average molecular weight is 670 g/mol. The summed E-state index contributed by atoms with van der Waals surface area (Å²) in [5.74, 6) is -1.76. The first-order chi connectivity index (χ1) is 23.5. The Balaban J connectivity index is 1.60. The van der Waals surface area contributed by atoms with Gasteiger partial charge in [-0.2, -0.15) is 0 Å². The van der Waals surface area contributed by atoms with Gasteiger partial charge in [0.05, 0.1) is 7.11 Å². The first-order valence-electron chi connectivity index (χ1n) is 16.7. The highest BCUT2D eigenvalue weighted by Crippen LogP contribution is 2.28. The molecule has 49 heavy (non-hydrogen) atoms. The first kappa shape index (κ1) is 36.9. The van der Waals surface area contributed by atoms with E-state index in [2.05, 4.69) is 22.8 Å². The molecule has 0 saturated heterocycles. The minimum atomic E-state index is -1.21. The van der Waals surface area contributed by atoms with Crippen molar-refractivity contribution in [1.82, 2.24) is 15.5 Å². The van der Waals surface area contributed by atoms with Gasteiger partial charge in [0.1, 0.15) is 18.2 Å². The van der Waals surface area contributed by atoms with Crippen LogP contribution in [0, 0.1) is 5.92 Å². The van der Waals surface area contributed by atoms with Crippen LogP contribution in [0.2, 0.25) is 0 Å². The molecular formula is C39H47N3O7. The van der Waals surface area contributed by atoms with Crippen molar-refractivity contribution in [3.63, 3.8) is 0 Å². The summed E-state index contributed by atoms with van der Waals surface area (Å²) in [6.45, 7) is 8.35. The molecule has 4 rings (SSSR count). The number of hydrogen-bond donors (Lipinski definition) is 2. The average Bonchev–Trinajstić information content (AvgIpc) is 3.11. The van der Waals surface area contributed by atoms with Crippen molar-refractivity contribution in [2.75, 3.05) is 13.7 Å². The molecule has 1 unspecified atom stereocenters. The zero-order valence-electron chi connectivity index (χ0n) is 28.9. The van der Waals surface area contributed by atoms with Crippen LogP contribution in [0.25, 0.3) is 11.1 Å². The highest BCUT2D eigenvalue weighted by atomic mass is 16.6. The summed E-state index contributed by atoms with van der Waals surface area (Å²) in [5, 5.41) is 6.20. The first-order valence-corrected chi connectivity index (χ1v) is 16.7. The molecule has 0 aliphatic carbocycles. The van der Waals surface area contributed by atoms with Gasteiger partial charge in [0.25, 0.3) is 5.91 Å². The van der Waals surface area contributed by atoms with Crippen molar-refractivity contribution >= 4 is 24.1 Å². The van der Waals surface area contributed by atoms with Gasteiger partial charge >= 0.3 is 18.2 Å². The van der Waals surface area contributed by atoms with Gasteiger partial charge in [-0.25, -0.2) is 19.3 Å². The normalized spacial score (nSPS) is 15.4. The van der Waals surface area contributed by atoms with E-state index in [-0.39, 0.29) is 24.8 Å². The SMILES string of the molecule is CC[C@H](CC1C=CCCN1)[C@H](C(=O)OC)N(C(=O)OCc1ccccc1)C(=O)c1ccc(-c2cccc(CNC(=O)OC(C)(C)C)c2)cc1. The number of benzene rings is 3. The van der Waals surface area contributed by atoms with Gasteiger partial charge in [0.2, 0.25) is 0 Å². The summed E-state index contributed by atoms with van der Waals surface area (Å²) in [6.07, 6.45) is 4.65. The van der Waals surface area contributed by atoms with E-state index in [1.54, 1.807) is 45.0 Å². The molecule has 3 aromatic carbocycles. The highest BCUT2D eigenvalue weighted by molar-refractivity contribution is 6.06. The Morgan fingerprint density at radius 2 is 1.65 bits per heavy atom. The van der Waals surface area contributed by atoms with Crippen LogP contribution in [0.15, 0.2) is 91.0 Å². The molecule has 0 fully saturated rings. The van der Waals surface area contributed by atoms with E-state index in [0.717, 1.165) is 40.1 Å². The second-order valence-corrected chi connectivity index (χ2v) is 13.0. The van der Waals surface area contributed by atoms with Crippen molar-refractivity contribution in [2.24, 2.45) is 5.92 Å². The number of ether oxygens (including phenoxy) is 3. The largest absolute Gasteiger partial charge is 0.467 e. The molecule has 0 aromatic heterocycles. The number of alkyl carbamates (subject to hydrolysis) is 1. The fraction of sp³-hybridized carbons (Fsp3) is 0.385. The molecule has 10 nitrogen and oxygen atoms in total. The van der Waals surface area contributed by atoms with Gasteiger partial charge in [0.15, 0.2) is 0 Å². The summed E-state index contributed by atoms with van der Waals surface area (Å²) >= 11 is 0. The van der Waals surface area contributed by atoms with E-state index in [4.69, 9.17) is 14.2 Å². The number of nitrogens with one attached hydrogen (secondary N) is 2. The third kappa shape index (κ3) is 10.8. The van der Waals surface area contributed by atoms with Gasteiger partial charge in [-0.3, -0.25) is 4.79 Å². The van der Waals surface area contributed by atoms with Gasteiger partial charge in [0, 0.05) is 18.2 Å². The fourth-order valence-corrected chi connectivity index (χ4v) is 5.72. The van der Waals surface area contributed by atoms with Crippen LogP contribution in [-0.4, -0.2) is 60.3 Å². The minimum Gasteiger partial charge on any atom is -0.467 e. The molecule has 0 radical (unpaired) electrons. The number of esters is 1. The Bertz CT molecular complexity index is 1600. The number of hydrogen-bond acceptors (Lipinski definition) is 8.